The first-order valence-corrected chi connectivity index (χ1v) is 8.02. The van der Waals surface area contributed by atoms with Gasteiger partial charge in [0.2, 0.25) is 5.69 Å². The van der Waals surface area contributed by atoms with Gasteiger partial charge in [0.25, 0.3) is 0 Å². The second kappa shape index (κ2) is 7.51. The van der Waals surface area contributed by atoms with Crippen molar-refractivity contribution in [2.24, 2.45) is 0 Å². The third kappa shape index (κ3) is 4.05. The third-order valence-corrected chi connectivity index (χ3v) is 3.92. The number of nitrogens with zero attached hydrogens (tertiary/aromatic N) is 1. The molecule has 0 unspecified atom stereocenters. The molecule has 2 aromatic carbocycles. The number of pyridine rings is 1. The van der Waals surface area contributed by atoms with Gasteiger partial charge in [-0.15, -0.1) is 0 Å². The Bertz CT molecular complexity index is 849. The van der Waals surface area contributed by atoms with E-state index in [2.05, 4.69) is 66.2 Å². The summed E-state index contributed by atoms with van der Waals surface area (Å²) < 4.78 is 2.25. The van der Waals surface area contributed by atoms with E-state index in [0.29, 0.717) is 5.56 Å². The zero-order valence-corrected chi connectivity index (χ0v) is 13.7. The quantitative estimate of drug-likeness (QED) is 0.508. The van der Waals surface area contributed by atoms with E-state index in [-0.39, 0.29) is 0 Å². The maximum absolute atomic E-state index is 10.7. The molecule has 1 aromatic heterocycles. The van der Waals surface area contributed by atoms with Gasteiger partial charge >= 0.3 is 0 Å². The molecule has 0 saturated heterocycles. The van der Waals surface area contributed by atoms with Gasteiger partial charge in [0, 0.05) is 28.8 Å². The number of hydrogen-bond acceptors (Lipinski definition) is 1. The van der Waals surface area contributed by atoms with E-state index >= 15 is 0 Å². The van der Waals surface area contributed by atoms with Crippen LogP contribution < -0.4 is 4.57 Å². The third-order valence-electron chi connectivity index (χ3n) is 3.92. The lowest BCUT2D eigenvalue weighted by molar-refractivity contribution is -0.690. The van der Waals surface area contributed by atoms with E-state index in [0.717, 1.165) is 24.1 Å². The zero-order chi connectivity index (χ0) is 16.8. The smallest absolute Gasteiger partial charge is 0.205 e. The fraction of sp³-hybridized carbons (Fsp3) is 0.0909. The Hall–Kier alpha value is -3.00. The van der Waals surface area contributed by atoms with E-state index in [1.807, 2.05) is 30.3 Å². The van der Waals surface area contributed by atoms with E-state index < -0.39 is 0 Å². The fourth-order valence-electron chi connectivity index (χ4n) is 2.61. The van der Waals surface area contributed by atoms with Gasteiger partial charge in [-0.05, 0) is 24.6 Å². The van der Waals surface area contributed by atoms with Crippen molar-refractivity contribution in [3.63, 3.8) is 0 Å². The zero-order valence-electron chi connectivity index (χ0n) is 13.7. The normalized spacial score (nSPS) is 10.9. The van der Waals surface area contributed by atoms with Crippen molar-refractivity contribution in [2.45, 2.75) is 13.5 Å². The van der Waals surface area contributed by atoms with Crippen LogP contribution in [0.1, 0.15) is 32.7 Å². The van der Waals surface area contributed by atoms with Gasteiger partial charge in [-0.3, -0.25) is 4.79 Å². The van der Waals surface area contributed by atoms with Crippen LogP contribution in [0.25, 0.3) is 12.2 Å². The highest BCUT2D eigenvalue weighted by atomic mass is 16.1. The molecule has 0 aliphatic rings. The number of rotatable bonds is 5. The lowest BCUT2D eigenvalue weighted by atomic mass is 10.1. The summed E-state index contributed by atoms with van der Waals surface area (Å²) in [5, 5.41) is 0. The minimum absolute atomic E-state index is 0.696. The molecule has 3 rings (SSSR count). The molecule has 1 heterocycles. The molecule has 2 nitrogen and oxygen atoms in total. The van der Waals surface area contributed by atoms with Crippen molar-refractivity contribution in [3.8, 4) is 0 Å². The lowest BCUT2D eigenvalue weighted by Crippen LogP contribution is -2.37. The minimum atomic E-state index is 0.696. The summed E-state index contributed by atoms with van der Waals surface area (Å²) in [7, 11) is 0. The van der Waals surface area contributed by atoms with Gasteiger partial charge in [0.05, 0.1) is 0 Å². The Morgan fingerprint density at radius 2 is 1.54 bits per heavy atom. The number of benzene rings is 2. The molecular weight excluding hydrogens is 294 g/mol. The Labute approximate surface area is 142 Å². The van der Waals surface area contributed by atoms with Gasteiger partial charge in [-0.1, -0.05) is 54.6 Å². The number of aldehydes is 1. The maximum atomic E-state index is 10.7. The molecule has 24 heavy (non-hydrogen) atoms. The molecule has 0 spiro atoms. The van der Waals surface area contributed by atoms with Crippen LogP contribution in [0.15, 0.2) is 72.9 Å². The summed E-state index contributed by atoms with van der Waals surface area (Å²) in [6, 6.07) is 22.3. The standard InChI is InChI=1S/C22H20NO/c1-18-7-13-22(14-12-19-8-10-21(17-24)11-9-19)23(15-18)16-20-5-3-2-4-6-20/h2-15,17H,16H2,1H3/q+1. The van der Waals surface area contributed by atoms with Crippen molar-refractivity contribution in [3.05, 3.63) is 101 Å². The van der Waals surface area contributed by atoms with Crippen molar-refractivity contribution < 1.29 is 9.36 Å². The van der Waals surface area contributed by atoms with Crippen LogP contribution in [0.5, 0.6) is 0 Å². The minimum Gasteiger partial charge on any atom is -0.298 e. The van der Waals surface area contributed by atoms with Crippen LogP contribution in [0.2, 0.25) is 0 Å². The Morgan fingerprint density at radius 3 is 2.25 bits per heavy atom. The van der Waals surface area contributed by atoms with E-state index in [1.54, 1.807) is 0 Å². The first-order chi connectivity index (χ1) is 11.7. The Balaban J connectivity index is 1.86. The van der Waals surface area contributed by atoms with Crippen LogP contribution in [0.4, 0.5) is 0 Å². The molecule has 0 aliphatic heterocycles. The van der Waals surface area contributed by atoms with Crippen LogP contribution in [0, 0.1) is 6.92 Å². The van der Waals surface area contributed by atoms with Crippen LogP contribution in [-0.4, -0.2) is 6.29 Å². The highest BCUT2D eigenvalue weighted by molar-refractivity contribution is 5.76. The maximum Gasteiger partial charge on any atom is 0.205 e. The molecule has 0 fully saturated rings. The van der Waals surface area contributed by atoms with Gasteiger partial charge in [0.1, 0.15) is 6.29 Å². The molecular formula is C22H20NO+. The number of carbonyl (C=O) groups is 1. The van der Waals surface area contributed by atoms with Crippen molar-refractivity contribution >= 4 is 18.4 Å². The number of aromatic nitrogens is 1. The topological polar surface area (TPSA) is 20.9 Å². The molecule has 3 aromatic rings. The number of carbonyl (C=O) groups excluding carboxylic acids is 1. The molecule has 0 radical (unpaired) electrons. The summed E-state index contributed by atoms with van der Waals surface area (Å²) in [5.41, 5.74) is 5.43. The average molecular weight is 314 g/mol. The summed E-state index contributed by atoms with van der Waals surface area (Å²) in [6.45, 7) is 2.94. The first kappa shape index (κ1) is 15.9. The Kier molecular flexibility index (Phi) is 4.97. The summed E-state index contributed by atoms with van der Waals surface area (Å²) in [5.74, 6) is 0. The molecule has 0 N–H and O–H groups in total. The summed E-state index contributed by atoms with van der Waals surface area (Å²) >= 11 is 0. The molecule has 0 atom stereocenters. The van der Waals surface area contributed by atoms with E-state index in [4.69, 9.17) is 0 Å². The van der Waals surface area contributed by atoms with Gasteiger partial charge < -0.3 is 0 Å². The molecule has 0 saturated carbocycles. The second-order valence-corrected chi connectivity index (χ2v) is 5.86. The highest BCUT2D eigenvalue weighted by Gasteiger charge is 2.09. The number of hydrogen-bond donors (Lipinski definition) is 0. The second-order valence-electron chi connectivity index (χ2n) is 5.86. The van der Waals surface area contributed by atoms with Crippen molar-refractivity contribution in [2.75, 3.05) is 0 Å². The molecule has 0 amide bonds. The fourth-order valence-corrected chi connectivity index (χ4v) is 2.61. The van der Waals surface area contributed by atoms with Crippen LogP contribution in [0.3, 0.4) is 0 Å². The summed E-state index contributed by atoms with van der Waals surface area (Å²) in [6.07, 6.45) is 7.21. The highest BCUT2D eigenvalue weighted by Crippen LogP contribution is 2.09. The van der Waals surface area contributed by atoms with Gasteiger partial charge in [-0.2, -0.15) is 4.57 Å². The number of aryl methyl sites for hydroxylation is 1. The van der Waals surface area contributed by atoms with Crippen molar-refractivity contribution in [1.29, 1.82) is 0 Å². The van der Waals surface area contributed by atoms with E-state index in [1.165, 1.54) is 11.1 Å². The largest absolute Gasteiger partial charge is 0.298 e. The predicted octanol–water partition coefficient (Wildman–Crippen LogP) is 4.31. The van der Waals surface area contributed by atoms with Gasteiger partial charge in [0.15, 0.2) is 12.7 Å². The SMILES string of the molecule is Cc1ccc(C=Cc2ccc(C=O)cc2)[n+](Cc2ccccc2)c1. The summed E-state index contributed by atoms with van der Waals surface area (Å²) in [4.78, 5) is 10.7. The Morgan fingerprint density at radius 1 is 0.833 bits per heavy atom. The molecule has 0 bridgehead atoms. The van der Waals surface area contributed by atoms with Crippen LogP contribution >= 0.6 is 0 Å². The molecule has 118 valence electrons. The first-order valence-electron chi connectivity index (χ1n) is 8.02. The molecule has 2 heteroatoms. The molecule has 0 aliphatic carbocycles. The van der Waals surface area contributed by atoms with Gasteiger partial charge in [-0.25, -0.2) is 0 Å². The predicted molar refractivity (Wildman–Crippen MR) is 97.7 cm³/mol. The van der Waals surface area contributed by atoms with Crippen molar-refractivity contribution in [1.82, 2.24) is 0 Å². The lowest BCUT2D eigenvalue weighted by Gasteiger charge is -2.03. The monoisotopic (exact) mass is 314 g/mol. The average Bonchev–Trinajstić information content (AvgIpc) is 2.62. The van der Waals surface area contributed by atoms with Crippen LogP contribution in [-0.2, 0) is 6.54 Å². The van der Waals surface area contributed by atoms with E-state index in [9.17, 15) is 4.79 Å².